The lowest BCUT2D eigenvalue weighted by Crippen LogP contribution is -2.41. The summed E-state index contributed by atoms with van der Waals surface area (Å²) in [6.45, 7) is 13.5. The van der Waals surface area contributed by atoms with E-state index in [-0.39, 0.29) is 23.4 Å². The third kappa shape index (κ3) is 5.68. The Balaban J connectivity index is 1.95. The number of rotatable bonds is 7. The van der Waals surface area contributed by atoms with Gasteiger partial charge >= 0.3 is 0 Å². The minimum Gasteiger partial charge on any atom is -0.348 e. The Morgan fingerprint density at radius 1 is 0.794 bits per heavy atom. The van der Waals surface area contributed by atoms with Crippen LogP contribution in [0, 0.1) is 41.5 Å². The van der Waals surface area contributed by atoms with E-state index in [1.165, 1.54) is 9.87 Å². The van der Waals surface area contributed by atoms with Gasteiger partial charge in [-0.1, -0.05) is 35.9 Å². The molecule has 1 N–H and O–H groups in total. The van der Waals surface area contributed by atoms with Crippen LogP contribution in [0.3, 0.4) is 0 Å². The number of sulfonamides is 1. The van der Waals surface area contributed by atoms with Crippen molar-refractivity contribution >= 4 is 21.6 Å². The van der Waals surface area contributed by atoms with Crippen LogP contribution < -0.4 is 9.62 Å². The molecule has 0 bridgehead atoms. The van der Waals surface area contributed by atoms with Crippen molar-refractivity contribution < 1.29 is 13.2 Å². The van der Waals surface area contributed by atoms with Crippen LogP contribution in [0.15, 0.2) is 59.5 Å². The first kappa shape index (κ1) is 25.5. The molecule has 0 unspecified atom stereocenters. The molecule has 0 fully saturated rings. The Morgan fingerprint density at radius 2 is 1.35 bits per heavy atom. The summed E-state index contributed by atoms with van der Waals surface area (Å²) in [6, 6.07) is 16.2. The number of nitrogens with one attached hydrogen (secondary N) is 1. The van der Waals surface area contributed by atoms with Gasteiger partial charge in [-0.15, -0.1) is 0 Å². The minimum atomic E-state index is -3.95. The number of carbonyl (C=O) groups excluding carboxylic acids is 1. The molecule has 0 aliphatic heterocycles. The van der Waals surface area contributed by atoms with Crippen molar-refractivity contribution in [1.29, 1.82) is 0 Å². The zero-order valence-corrected chi connectivity index (χ0v) is 21.9. The van der Waals surface area contributed by atoms with Gasteiger partial charge in [0.25, 0.3) is 10.0 Å². The SMILES string of the molecule is Cc1ccc(S(=O)(=O)N(CC(=O)N[C@H](C)c2cc(C)c(C)cc2C)c2cc(C)cc(C)c2)cc1. The van der Waals surface area contributed by atoms with Crippen molar-refractivity contribution in [1.82, 2.24) is 5.32 Å². The molecule has 0 aromatic heterocycles. The van der Waals surface area contributed by atoms with Crippen molar-refractivity contribution in [3.05, 3.63) is 93.5 Å². The Labute approximate surface area is 203 Å². The standard InChI is InChI=1S/C28H34N2O3S/c1-18-8-10-26(11-9-18)34(32,33)30(25-13-19(2)12-20(3)14-25)17-28(31)29-24(7)27-16-22(5)21(4)15-23(27)6/h8-16,24H,17H2,1-7H3,(H,29,31)/t24-/m1/s1. The highest BCUT2D eigenvalue weighted by molar-refractivity contribution is 7.92. The number of carbonyl (C=O) groups is 1. The van der Waals surface area contributed by atoms with Gasteiger partial charge in [0.2, 0.25) is 5.91 Å². The summed E-state index contributed by atoms with van der Waals surface area (Å²) in [5, 5.41) is 3.00. The van der Waals surface area contributed by atoms with Crippen LogP contribution in [0.5, 0.6) is 0 Å². The van der Waals surface area contributed by atoms with E-state index in [0.717, 1.165) is 33.4 Å². The molecule has 0 heterocycles. The van der Waals surface area contributed by atoms with E-state index in [4.69, 9.17) is 0 Å². The van der Waals surface area contributed by atoms with Crippen molar-refractivity contribution in [2.45, 2.75) is 59.4 Å². The number of hydrogen-bond acceptors (Lipinski definition) is 3. The number of hydrogen-bond donors (Lipinski definition) is 1. The lowest BCUT2D eigenvalue weighted by Gasteiger charge is -2.26. The molecular formula is C28H34N2O3S. The van der Waals surface area contributed by atoms with E-state index < -0.39 is 10.0 Å². The molecule has 0 aliphatic rings. The summed E-state index contributed by atoms with van der Waals surface area (Å²) in [5.74, 6) is -0.361. The van der Waals surface area contributed by atoms with E-state index in [2.05, 4.69) is 24.4 Å². The summed E-state index contributed by atoms with van der Waals surface area (Å²) in [4.78, 5) is 13.3. The molecule has 1 atom stereocenters. The highest BCUT2D eigenvalue weighted by Crippen LogP contribution is 2.27. The molecule has 0 saturated heterocycles. The van der Waals surface area contributed by atoms with E-state index >= 15 is 0 Å². The van der Waals surface area contributed by atoms with Crippen LogP contribution in [-0.4, -0.2) is 20.9 Å². The van der Waals surface area contributed by atoms with E-state index in [9.17, 15) is 13.2 Å². The summed E-state index contributed by atoms with van der Waals surface area (Å²) in [7, 11) is -3.95. The number of anilines is 1. The van der Waals surface area contributed by atoms with Crippen LogP contribution in [0.25, 0.3) is 0 Å². The maximum absolute atomic E-state index is 13.6. The van der Waals surface area contributed by atoms with Gasteiger partial charge in [0.15, 0.2) is 0 Å². The molecule has 180 valence electrons. The number of aryl methyl sites for hydroxylation is 6. The van der Waals surface area contributed by atoms with Crippen LogP contribution in [0.2, 0.25) is 0 Å². The van der Waals surface area contributed by atoms with Crippen molar-refractivity contribution in [3.63, 3.8) is 0 Å². The maximum atomic E-state index is 13.6. The monoisotopic (exact) mass is 478 g/mol. The van der Waals surface area contributed by atoms with Crippen molar-refractivity contribution in [3.8, 4) is 0 Å². The molecule has 0 radical (unpaired) electrons. The first-order chi connectivity index (χ1) is 15.9. The second-order valence-corrected chi connectivity index (χ2v) is 11.1. The average Bonchev–Trinajstić information content (AvgIpc) is 2.74. The van der Waals surface area contributed by atoms with Gasteiger partial charge in [0.05, 0.1) is 16.6 Å². The Bertz CT molecular complexity index is 1290. The smallest absolute Gasteiger partial charge is 0.264 e. The van der Waals surface area contributed by atoms with Gasteiger partial charge in [0.1, 0.15) is 6.54 Å². The van der Waals surface area contributed by atoms with Gasteiger partial charge in [-0.2, -0.15) is 0 Å². The molecule has 0 spiro atoms. The fourth-order valence-electron chi connectivity index (χ4n) is 4.19. The largest absolute Gasteiger partial charge is 0.348 e. The topological polar surface area (TPSA) is 66.5 Å². The fourth-order valence-corrected chi connectivity index (χ4v) is 5.60. The van der Waals surface area contributed by atoms with Gasteiger partial charge in [-0.25, -0.2) is 8.42 Å². The number of amides is 1. The second-order valence-electron chi connectivity index (χ2n) is 9.25. The zero-order chi connectivity index (χ0) is 25.2. The fraction of sp³-hybridized carbons (Fsp3) is 0.321. The zero-order valence-electron chi connectivity index (χ0n) is 21.1. The molecule has 3 aromatic rings. The predicted molar refractivity (Wildman–Crippen MR) is 139 cm³/mol. The quantitative estimate of drug-likeness (QED) is 0.480. The first-order valence-corrected chi connectivity index (χ1v) is 12.9. The van der Waals surface area contributed by atoms with Gasteiger partial charge in [-0.3, -0.25) is 9.10 Å². The highest BCUT2D eigenvalue weighted by atomic mass is 32.2. The molecular weight excluding hydrogens is 444 g/mol. The van der Waals surface area contributed by atoms with Crippen LogP contribution in [-0.2, 0) is 14.8 Å². The molecule has 34 heavy (non-hydrogen) atoms. The first-order valence-electron chi connectivity index (χ1n) is 11.4. The molecule has 5 nitrogen and oxygen atoms in total. The third-order valence-electron chi connectivity index (χ3n) is 6.12. The number of nitrogens with zero attached hydrogens (tertiary/aromatic N) is 1. The van der Waals surface area contributed by atoms with Crippen LogP contribution >= 0.6 is 0 Å². The number of benzene rings is 3. The van der Waals surface area contributed by atoms with Crippen LogP contribution in [0.1, 0.15) is 51.9 Å². The van der Waals surface area contributed by atoms with Gasteiger partial charge in [0, 0.05) is 0 Å². The minimum absolute atomic E-state index is 0.156. The van der Waals surface area contributed by atoms with Gasteiger partial charge < -0.3 is 5.32 Å². The average molecular weight is 479 g/mol. The molecule has 0 aliphatic carbocycles. The normalized spacial score (nSPS) is 12.3. The Morgan fingerprint density at radius 3 is 1.94 bits per heavy atom. The van der Waals surface area contributed by atoms with Crippen molar-refractivity contribution in [2.24, 2.45) is 0 Å². The Kier molecular flexibility index (Phi) is 7.51. The van der Waals surface area contributed by atoms with E-state index in [1.54, 1.807) is 36.4 Å². The molecule has 6 heteroatoms. The maximum Gasteiger partial charge on any atom is 0.264 e. The van der Waals surface area contributed by atoms with E-state index in [1.807, 2.05) is 47.6 Å². The Hall–Kier alpha value is -3.12. The molecule has 1 amide bonds. The summed E-state index contributed by atoms with van der Waals surface area (Å²) >= 11 is 0. The molecule has 3 aromatic carbocycles. The van der Waals surface area contributed by atoms with E-state index in [0.29, 0.717) is 5.69 Å². The molecule has 3 rings (SSSR count). The second kappa shape index (κ2) is 10.0. The summed E-state index contributed by atoms with van der Waals surface area (Å²) in [5.41, 5.74) is 7.77. The predicted octanol–water partition coefficient (Wildman–Crippen LogP) is 5.61. The van der Waals surface area contributed by atoms with Crippen LogP contribution in [0.4, 0.5) is 5.69 Å². The highest BCUT2D eigenvalue weighted by Gasteiger charge is 2.28. The lowest BCUT2D eigenvalue weighted by molar-refractivity contribution is -0.120. The van der Waals surface area contributed by atoms with Gasteiger partial charge in [-0.05, 0) is 106 Å². The summed E-state index contributed by atoms with van der Waals surface area (Å²) in [6.07, 6.45) is 0. The summed E-state index contributed by atoms with van der Waals surface area (Å²) < 4.78 is 28.5. The molecule has 0 saturated carbocycles. The third-order valence-corrected chi connectivity index (χ3v) is 7.91. The van der Waals surface area contributed by atoms with Crippen molar-refractivity contribution in [2.75, 3.05) is 10.8 Å². The lowest BCUT2D eigenvalue weighted by atomic mass is 9.96.